The van der Waals surface area contributed by atoms with Crippen molar-refractivity contribution in [3.8, 4) is 39.7 Å². The van der Waals surface area contributed by atoms with Gasteiger partial charge in [-0.05, 0) is 145 Å². The Kier molecular flexibility index (Phi) is 11.5. The number of aromatic nitrogens is 2. The summed E-state index contributed by atoms with van der Waals surface area (Å²) in [7, 11) is 0. The minimum Gasteiger partial charge on any atom is -0.308 e. The smallest absolute Gasteiger partial charge is 0.187 e. The highest BCUT2D eigenvalue weighted by atomic mass is 15.3. The molecule has 17 rings (SSSR count). The maximum atomic E-state index is 10.3. The zero-order valence-electron chi connectivity index (χ0n) is 47.4. The molecule has 88 heavy (non-hydrogen) atoms. The van der Waals surface area contributed by atoms with E-state index >= 15 is 0 Å². The van der Waals surface area contributed by atoms with Gasteiger partial charge < -0.3 is 28.7 Å². The first-order valence-electron chi connectivity index (χ1n) is 29.5. The Morgan fingerprint density at radius 3 is 0.966 bits per heavy atom. The van der Waals surface area contributed by atoms with E-state index in [4.69, 9.17) is 6.57 Å². The molecular formula is C80H50N8. The lowest BCUT2D eigenvalue weighted by molar-refractivity contribution is 1.14. The molecule has 410 valence electrons. The van der Waals surface area contributed by atoms with E-state index in [2.05, 4.69) is 319 Å². The maximum absolute atomic E-state index is 10.3. The summed E-state index contributed by atoms with van der Waals surface area (Å²) in [5.74, 6) is 0. The highest BCUT2D eigenvalue weighted by Gasteiger charge is 2.34. The summed E-state index contributed by atoms with van der Waals surface area (Å²) < 4.78 is 4.93. The Balaban J connectivity index is 0.964. The Labute approximate surface area is 508 Å². The molecule has 0 saturated heterocycles. The number of para-hydroxylation sites is 12. The normalized spacial score (nSPS) is 12.4. The molecule has 0 aliphatic carbocycles. The van der Waals surface area contributed by atoms with Crippen LogP contribution in [-0.2, 0) is 0 Å². The summed E-state index contributed by atoms with van der Waals surface area (Å²) in [5, 5.41) is 14.6. The SMILES string of the molecule is [C-]#[N+]c1ccc(-c2c3c4ccccc4n(-c4cccc(N5c6ccccc6N(c6ccccc6)c6ccccc65)c4)c3c(-c3ccc(C#N)cc3)c3c4ccccc4n(-c4cccc(N5c6ccccc6N(c6ccccc6)c6ccccc65)c4)c23)cc1. The van der Waals surface area contributed by atoms with Gasteiger partial charge in [0.15, 0.2) is 5.69 Å². The number of hydrogen-bond acceptors (Lipinski definition) is 5. The first-order valence-corrected chi connectivity index (χ1v) is 29.5. The lowest BCUT2D eigenvalue weighted by atomic mass is 9.89. The minimum atomic E-state index is 0.568. The summed E-state index contributed by atoms with van der Waals surface area (Å²) in [5.41, 5.74) is 24.1. The highest BCUT2D eigenvalue weighted by molar-refractivity contribution is 6.33. The van der Waals surface area contributed by atoms with Crippen LogP contribution in [0.4, 0.5) is 73.9 Å². The average molecular weight is 1120 g/mol. The van der Waals surface area contributed by atoms with E-state index in [1.165, 1.54) is 0 Å². The second-order valence-corrected chi connectivity index (χ2v) is 22.3. The maximum Gasteiger partial charge on any atom is 0.187 e. The number of rotatable bonds is 8. The number of nitriles is 1. The zero-order chi connectivity index (χ0) is 58.4. The van der Waals surface area contributed by atoms with Gasteiger partial charge in [-0.2, -0.15) is 5.26 Å². The fourth-order valence-electron chi connectivity index (χ4n) is 13.9. The molecule has 4 heterocycles. The van der Waals surface area contributed by atoms with Gasteiger partial charge in [0.05, 0.1) is 85.8 Å². The summed E-state index contributed by atoms with van der Waals surface area (Å²) in [6.45, 7) is 8.12. The molecule has 15 aromatic rings. The molecule has 0 saturated carbocycles. The van der Waals surface area contributed by atoms with Gasteiger partial charge in [-0.15, -0.1) is 0 Å². The van der Waals surface area contributed by atoms with Gasteiger partial charge in [0.25, 0.3) is 0 Å². The van der Waals surface area contributed by atoms with Crippen molar-refractivity contribution < 1.29 is 0 Å². The van der Waals surface area contributed by atoms with Crippen molar-refractivity contribution in [1.82, 2.24) is 9.13 Å². The van der Waals surface area contributed by atoms with E-state index in [0.29, 0.717) is 11.3 Å². The molecule has 0 bridgehead atoms. The molecule has 2 aliphatic heterocycles. The molecule has 0 radical (unpaired) electrons. The van der Waals surface area contributed by atoms with Gasteiger partial charge in [0.1, 0.15) is 0 Å². The van der Waals surface area contributed by atoms with E-state index in [0.717, 1.165) is 145 Å². The van der Waals surface area contributed by atoms with Crippen LogP contribution < -0.4 is 19.6 Å². The van der Waals surface area contributed by atoms with Crippen LogP contribution in [0.15, 0.2) is 303 Å². The Morgan fingerprint density at radius 1 is 0.295 bits per heavy atom. The number of hydrogen-bond donors (Lipinski definition) is 0. The Morgan fingerprint density at radius 2 is 0.602 bits per heavy atom. The van der Waals surface area contributed by atoms with Gasteiger partial charge in [-0.25, -0.2) is 4.85 Å². The van der Waals surface area contributed by atoms with Crippen LogP contribution in [0.25, 0.3) is 82.1 Å². The van der Waals surface area contributed by atoms with Gasteiger partial charge >= 0.3 is 0 Å². The van der Waals surface area contributed by atoms with Crippen molar-refractivity contribution in [3.63, 3.8) is 0 Å². The molecule has 2 aromatic heterocycles. The first-order chi connectivity index (χ1) is 43.6. The molecule has 13 aromatic carbocycles. The van der Waals surface area contributed by atoms with Crippen molar-refractivity contribution in [2.24, 2.45) is 0 Å². The molecule has 0 fully saturated rings. The van der Waals surface area contributed by atoms with Crippen molar-refractivity contribution in [1.29, 1.82) is 5.26 Å². The van der Waals surface area contributed by atoms with Crippen LogP contribution in [0.1, 0.15) is 5.56 Å². The van der Waals surface area contributed by atoms with Gasteiger partial charge in [0.2, 0.25) is 0 Å². The summed E-state index contributed by atoms with van der Waals surface area (Å²) in [4.78, 5) is 13.4. The lowest BCUT2D eigenvalue weighted by Crippen LogP contribution is -2.23. The second kappa shape index (κ2) is 20.2. The Hall–Kier alpha value is -12.4. The monoisotopic (exact) mass is 1120 g/mol. The van der Waals surface area contributed by atoms with E-state index in [9.17, 15) is 5.26 Å². The quantitative estimate of drug-likeness (QED) is 0.142. The predicted octanol–water partition coefficient (Wildman–Crippen LogP) is 22.1. The van der Waals surface area contributed by atoms with E-state index in [-0.39, 0.29) is 0 Å². The first kappa shape index (κ1) is 50.2. The molecule has 0 unspecified atom stereocenters. The minimum absolute atomic E-state index is 0.568. The van der Waals surface area contributed by atoms with Crippen LogP contribution in [0.3, 0.4) is 0 Å². The lowest BCUT2D eigenvalue weighted by Gasteiger charge is -2.40. The number of fused-ring (bicyclic) bond motifs is 10. The number of anilines is 12. The Bertz CT molecular complexity index is 4950. The number of benzene rings is 13. The van der Waals surface area contributed by atoms with Crippen LogP contribution in [0.2, 0.25) is 0 Å². The van der Waals surface area contributed by atoms with E-state index in [1.54, 1.807) is 0 Å². The standard InChI is InChI=1S/C80H50N8/c1-82-56-48-46-55(47-49-56)76-78-64-31-9-11-33-66(64)87(61-28-20-26-59(50-61)85-71-38-16-12-34-67(71)83(57-22-4-2-5-23-57)68-35-13-17-39-72(68)85)79(78)75(54-44-42-53(52-81)43-45-54)77-63-30-8-10-32-65(63)88(80(76)77)62-29-21-27-60(51-62)86-73-40-18-14-36-69(73)84(58-24-6-3-7-25-58)70-37-15-19-41-74(70)86/h2-51H. The molecule has 0 amide bonds. The third-order valence-electron chi connectivity index (χ3n) is 17.5. The van der Waals surface area contributed by atoms with E-state index in [1.807, 2.05) is 24.3 Å². The van der Waals surface area contributed by atoms with Crippen molar-refractivity contribution in [2.75, 3.05) is 19.6 Å². The molecule has 0 atom stereocenters. The molecule has 8 heteroatoms. The molecule has 0 spiro atoms. The topological polar surface area (TPSA) is 51.0 Å². The molecule has 0 N–H and O–H groups in total. The van der Waals surface area contributed by atoms with E-state index < -0.39 is 0 Å². The van der Waals surface area contributed by atoms with Gasteiger partial charge in [-0.3, -0.25) is 0 Å². The van der Waals surface area contributed by atoms with Crippen LogP contribution in [-0.4, -0.2) is 9.13 Å². The van der Waals surface area contributed by atoms with Crippen LogP contribution in [0, 0.1) is 17.9 Å². The zero-order valence-corrected chi connectivity index (χ0v) is 47.4. The summed E-state index contributed by atoms with van der Waals surface area (Å²) in [6.07, 6.45) is 0. The summed E-state index contributed by atoms with van der Waals surface area (Å²) in [6, 6.07) is 110. The average Bonchev–Trinajstić information content (AvgIpc) is 1.53. The summed E-state index contributed by atoms with van der Waals surface area (Å²) >= 11 is 0. The molecule has 2 aliphatic rings. The predicted molar refractivity (Wildman–Crippen MR) is 363 cm³/mol. The second-order valence-electron chi connectivity index (χ2n) is 22.3. The molecular weight excluding hydrogens is 1070 g/mol. The van der Waals surface area contributed by atoms with Crippen LogP contribution >= 0.6 is 0 Å². The fraction of sp³-hybridized carbons (Fsp3) is 0. The van der Waals surface area contributed by atoms with Crippen molar-refractivity contribution in [2.45, 2.75) is 0 Å². The number of nitrogens with zero attached hydrogens (tertiary/aromatic N) is 8. The van der Waals surface area contributed by atoms with Crippen LogP contribution in [0.5, 0.6) is 0 Å². The molecule has 8 nitrogen and oxygen atoms in total. The third kappa shape index (κ3) is 7.63. The van der Waals surface area contributed by atoms with Gasteiger partial charge in [0, 0.05) is 66.8 Å². The van der Waals surface area contributed by atoms with Gasteiger partial charge in [-0.1, -0.05) is 170 Å². The van der Waals surface area contributed by atoms with Crippen molar-refractivity contribution in [3.05, 3.63) is 320 Å². The van der Waals surface area contributed by atoms with Crippen molar-refractivity contribution >= 4 is 118 Å². The fourth-order valence-corrected chi connectivity index (χ4v) is 13.9. The highest BCUT2D eigenvalue weighted by Crippen LogP contribution is 2.58. The third-order valence-corrected chi connectivity index (χ3v) is 17.5. The largest absolute Gasteiger partial charge is 0.308 e.